The van der Waals surface area contributed by atoms with Crippen molar-refractivity contribution in [2.45, 2.75) is 23.9 Å². The molecule has 1 fully saturated rings. The molecule has 7 heteroatoms. The molecular weight excluding hydrogens is 318 g/mol. The fourth-order valence-electron chi connectivity index (χ4n) is 2.93. The second-order valence-corrected chi connectivity index (χ2v) is 6.48. The SMILES string of the molecule is CSc1cc2c(cc1CNC(C(=O)O)C1CCOC1)OCCO2. The molecule has 0 aromatic heterocycles. The van der Waals surface area contributed by atoms with Crippen molar-refractivity contribution in [2.24, 2.45) is 5.92 Å². The number of aliphatic carboxylic acids is 1. The smallest absolute Gasteiger partial charge is 0.321 e. The van der Waals surface area contributed by atoms with Crippen LogP contribution in [0.5, 0.6) is 11.5 Å². The second kappa shape index (κ2) is 7.42. The molecule has 2 aliphatic heterocycles. The van der Waals surface area contributed by atoms with Gasteiger partial charge in [-0.1, -0.05) is 0 Å². The van der Waals surface area contributed by atoms with Crippen LogP contribution < -0.4 is 14.8 Å². The second-order valence-electron chi connectivity index (χ2n) is 5.63. The Kier molecular flexibility index (Phi) is 5.30. The van der Waals surface area contributed by atoms with Crippen LogP contribution in [0.15, 0.2) is 17.0 Å². The minimum absolute atomic E-state index is 0.0161. The van der Waals surface area contributed by atoms with E-state index in [1.165, 1.54) is 0 Å². The molecular formula is C16H21NO5S. The molecule has 2 unspecified atom stereocenters. The predicted molar refractivity (Wildman–Crippen MR) is 86.4 cm³/mol. The maximum atomic E-state index is 11.5. The third-order valence-corrected chi connectivity index (χ3v) is 4.98. The summed E-state index contributed by atoms with van der Waals surface area (Å²) < 4.78 is 16.5. The first-order chi connectivity index (χ1) is 11.2. The molecule has 0 bridgehead atoms. The highest BCUT2D eigenvalue weighted by molar-refractivity contribution is 7.98. The Bertz CT molecular complexity index is 574. The molecule has 0 amide bonds. The lowest BCUT2D eigenvalue weighted by Gasteiger charge is -2.23. The molecule has 1 saturated heterocycles. The van der Waals surface area contributed by atoms with Crippen LogP contribution in [-0.4, -0.2) is 49.8 Å². The van der Waals surface area contributed by atoms with Gasteiger partial charge in [0.2, 0.25) is 0 Å². The number of carbonyl (C=O) groups is 1. The van der Waals surface area contributed by atoms with Crippen molar-refractivity contribution in [3.8, 4) is 11.5 Å². The van der Waals surface area contributed by atoms with Gasteiger partial charge in [-0.3, -0.25) is 10.1 Å². The van der Waals surface area contributed by atoms with Crippen LogP contribution in [0.1, 0.15) is 12.0 Å². The Morgan fingerprint density at radius 1 is 1.35 bits per heavy atom. The van der Waals surface area contributed by atoms with Gasteiger partial charge in [0.15, 0.2) is 11.5 Å². The molecule has 23 heavy (non-hydrogen) atoms. The Balaban J connectivity index is 1.74. The zero-order chi connectivity index (χ0) is 16.2. The zero-order valence-corrected chi connectivity index (χ0v) is 13.9. The fraction of sp³-hybridized carbons (Fsp3) is 0.562. The Morgan fingerprint density at radius 3 is 2.70 bits per heavy atom. The van der Waals surface area contributed by atoms with E-state index in [1.807, 2.05) is 18.4 Å². The van der Waals surface area contributed by atoms with Crippen LogP contribution in [-0.2, 0) is 16.1 Å². The summed E-state index contributed by atoms with van der Waals surface area (Å²) in [6, 6.07) is 3.31. The van der Waals surface area contributed by atoms with Gasteiger partial charge >= 0.3 is 5.97 Å². The van der Waals surface area contributed by atoms with Gasteiger partial charge in [0.25, 0.3) is 0 Å². The van der Waals surface area contributed by atoms with E-state index in [-0.39, 0.29) is 5.92 Å². The lowest BCUT2D eigenvalue weighted by atomic mass is 9.99. The summed E-state index contributed by atoms with van der Waals surface area (Å²) in [6.45, 7) is 2.70. The van der Waals surface area contributed by atoms with E-state index in [9.17, 15) is 9.90 Å². The number of carboxylic acids is 1. The summed E-state index contributed by atoms with van der Waals surface area (Å²) in [5.74, 6) is 0.663. The van der Waals surface area contributed by atoms with Crippen molar-refractivity contribution in [3.05, 3.63) is 17.7 Å². The summed E-state index contributed by atoms with van der Waals surface area (Å²) in [4.78, 5) is 12.6. The van der Waals surface area contributed by atoms with Crippen LogP contribution in [0.25, 0.3) is 0 Å². The van der Waals surface area contributed by atoms with E-state index < -0.39 is 12.0 Å². The Labute approximate surface area is 139 Å². The molecule has 0 saturated carbocycles. The van der Waals surface area contributed by atoms with Crippen molar-refractivity contribution >= 4 is 17.7 Å². The third kappa shape index (κ3) is 3.73. The lowest BCUT2D eigenvalue weighted by Crippen LogP contribution is -2.42. The molecule has 6 nitrogen and oxygen atoms in total. The predicted octanol–water partition coefficient (Wildman–Crippen LogP) is 1.76. The van der Waals surface area contributed by atoms with Crippen LogP contribution in [0.4, 0.5) is 0 Å². The number of fused-ring (bicyclic) bond motifs is 1. The van der Waals surface area contributed by atoms with E-state index in [1.54, 1.807) is 11.8 Å². The van der Waals surface area contributed by atoms with E-state index in [2.05, 4.69) is 5.32 Å². The average molecular weight is 339 g/mol. The van der Waals surface area contributed by atoms with E-state index in [4.69, 9.17) is 14.2 Å². The van der Waals surface area contributed by atoms with Crippen molar-refractivity contribution in [2.75, 3.05) is 32.7 Å². The molecule has 2 atom stereocenters. The first-order valence-corrected chi connectivity index (χ1v) is 8.92. The standard InChI is InChI=1S/C16H21NO5S/c1-23-14-7-13-12(21-4-5-22-13)6-11(14)8-17-15(16(18)19)10-2-3-20-9-10/h6-7,10,15,17H,2-5,8-9H2,1H3,(H,18,19). The molecule has 1 aromatic carbocycles. The third-order valence-electron chi connectivity index (χ3n) is 4.16. The van der Waals surface area contributed by atoms with Crippen LogP contribution in [0.3, 0.4) is 0 Å². The molecule has 0 spiro atoms. The number of hydrogen-bond donors (Lipinski definition) is 2. The number of thioether (sulfide) groups is 1. The Hall–Kier alpha value is -1.44. The van der Waals surface area contributed by atoms with E-state index in [0.717, 1.165) is 28.4 Å². The van der Waals surface area contributed by atoms with Crippen molar-refractivity contribution in [1.29, 1.82) is 0 Å². The number of rotatable bonds is 6. The Morgan fingerprint density at radius 2 is 2.09 bits per heavy atom. The normalized spacial score (nSPS) is 21.2. The summed E-state index contributed by atoms with van der Waals surface area (Å²) in [7, 11) is 0. The molecule has 0 radical (unpaired) electrons. The highest BCUT2D eigenvalue weighted by atomic mass is 32.2. The largest absolute Gasteiger partial charge is 0.486 e. The molecule has 2 aliphatic rings. The monoisotopic (exact) mass is 339 g/mol. The number of ether oxygens (including phenoxy) is 3. The highest BCUT2D eigenvalue weighted by Gasteiger charge is 2.31. The van der Waals surface area contributed by atoms with Gasteiger partial charge in [0, 0.05) is 24.0 Å². The minimum atomic E-state index is -0.830. The summed E-state index contributed by atoms with van der Waals surface area (Å²) >= 11 is 1.61. The minimum Gasteiger partial charge on any atom is -0.486 e. The molecule has 1 aromatic rings. The quantitative estimate of drug-likeness (QED) is 0.765. The van der Waals surface area contributed by atoms with E-state index in [0.29, 0.717) is 33.0 Å². The first kappa shape index (κ1) is 16.4. The fourth-order valence-corrected chi connectivity index (χ4v) is 3.55. The molecule has 2 N–H and O–H groups in total. The topological polar surface area (TPSA) is 77.0 Å². The maximum absolute atomic E-state index is 11.5. The number of benzene rings is 1. The average Bonchev–Trinajstić information content (AvgIpc) is 3.08. The van der Waals surface area contributed by atoms with Gasteiger partial charge in [-0.2, -0.15) is 0 Å². The maximum Gasteiger partial charge on any atom is 0.321 e. The van der Waals surface area contributed by atoms with Gasteiger partial charge in [-0.25, -0.2) is 0 Å². The summed E-state index contributed by atoms with van der Waals surface area (Å²) in [5.41, 5.74) is 1.02. The van der Waals surface area contributed by atoms with Gasteiger partial charge in [-0.15, -0.1) is 11.8 Å². The van der Waals surface area contributed by atoms with Crippen molar-refractivity contribution in [3.63, 3.8) is 0 Å². The zero-order valence-electron chi connectivity index (χ0n) is 13.0. The molecule has 0 aliphatic carbocycles. The summed E-state index contributed by atoms with van der Waals surface area (Å²) in [5, 5.41) is 12.6. The number of carboxylic acid groups (broad SMARTS) is 1. The van der Waals surface area contributed by atoms with Gasteiger partial charge in [0.05, 0.1) is 6.61 Å². The van der Waals surface area contributed by atoms with Crippen LogP contribution in [0.2, 0.25) is 0 Å². The van der Waals surface area contributed by atoms with E-state index >= 15 is 0 Å². The first-order valence-electron chi connectivity index (χ1n) is 7.69. The van der Waals surface area contributed by atoms with Crippen molar-refractivity contribution < 1.29 is 24.1 Å². The van der Waals surface area contributed by atoms with Crippen LogP contribution in [0, 0.1) is 5.92 Å². The molecule has 3 rings (SSSR count). The highest BCUT2D eigenvalue weighted by Crippen LogP contribution is 2.36. The van der Waals surface area contributed by atoms with Crippen molar-refractivity contribution in [1.82, 2.24) is 5.32 Å². The summed E-state index contributed by atoms with van der Waals surface area (Å²) in [6.07, 6.45) is 2.77. The lowest BCUT2D eigenvalue weighted by molar-refractivity contribution is -0.141. The number of nitrogens with one attached hydrogen (secondary N) is 1. The van der Waals surface area contributed by atoms with Gasteiger partial charge in [0.1, 0.15) is 19.3 Å². The molecule has 2 heterocycles. The van der Waals surface area contributed by atoms with Gasteiger partial charge in [-0.05, 0) is 30.4 Å². The molecule has 126 valence electrons. The number of hydrogen-bond acceptors (Lipinski definition) is 6. The van der Waals surface area contributed by atoms with Crippen LogP contribution >= 0.6 is 11.8 Å². The van der Waals surface area contributed by atoms with Gasteiger partial charge < -0.3 is 19.3 Å².